The van der Waals surface area contributed by atoms with Gasteiger partial charge < -0.3 is 23.7 Å². The summed E-state index contributed by atoms with van der Waals surface area (Å²) >= 11 is 1.15. The second-order valence-corrected chi connectivity index (χ2v) is 5.70. The third kappa shape index (κ3) is 5.36. The molecule has 0 aromatic rings. The molecule has 0 spiro atoms. The summed E-state index contributed by atoms with van der Waals surface area (Å²) in [4.78, 5) is 35.7. The fourth-order valence-corrected chi connectivity index (χ4v) is 2.61. The highest BCUT2D eigenvalue weighted by Crippen LogP contribution is 2.33. The van der Waals surface area contributed by atoms with Crippen LogP contribution >= 0.6 is 11.8 Å². The molecule has 0 unspecified atom stereocenters. The zero-order valence-corrected chi connectivity index (χ0v) is 13.8. The highest BCUT2D eigenvalue weighted by Gasteiger charge is 2.38. The number of nitrogens with zero attached hydrogens (tertiary/aromatic N) is 1. The number of thioether (sulfide) groups is 1. The fourth-order valence-electron chi connectivity index (χ4n) is 2.16. The predicted molar refractivity (Wildman–Crippen MR) is 84.1 cm³/mol. The Labute approximate surface area is 135 Å². The molecule has 0 radical (unpaired) electrons. The molecule has 0 aromatic heterocycles. The van der Waals surface area contributed by atoms with Crippen LogP contribution in [0.25, 0.3) is 0 Å². The molecule has 122 valence electrons. The van der Waals surface area contributed by atoms with E-state index in [1.807, 2.05) is 0 Å². The van der Waals surface area contributed by atoms with E-state index < -0.39 is 17.7 Å². The molecule has 1 aliphatic rings. The zero-order valence-electron chi connectivity index (χ0n) is 13.0. The van der Waals surface area contributed by atoms with E-state index in [0.717, 1.165) is 11.8 Å². The molecule has 1 amide bonds. The molecule has 0 atom stereocenters. The van der Waals surface area contributed by atoms with E-state index in [1.54, 1.807) is 11.2 Å². The van der Waals surface area contributed by atoms with Crippen molar-refractivity contribution in [3.63, 3.8) is 0 Å². The Kier molecular flexibility index (Phi) is 7.43. The molecular formula is C11H19B2NO7S. The van der Waals surface area contributed by atoms with E-state index in [9.17, 15) is 14.4 Å². The van der Waals surface area contributed by atoms with Gasteiger partial charge >= 0.3 is 28.4 Å². The number of hydrogen-bond acceptors (Lipinski definition) is 8. The first-order valence-electron chi connectivity index (χ1n) is 6.71. The summed E-state index contributed by atoms with van der Waals surface area (Å²) < 4.78 is 18.9. The number of carbonyl (C=O) groups excluding carboxylic acids is 3. The number of rotatable bonds is 4. The molecule has 0 saturated carbocycles. The maximum atomic E-state index is 11.7. The average molecular weight is 331 g/mol. The Balaban J connectivity index is 2.65. The van der Waals surface area contributed by atoms with Gasteiger partial charge in [-0.15, -0.1) is 0 Å². The average Bonchev–Trinajstić information content (AvgIpc) is 2.57. The van der Waals surface area contributed by atoms with Crippen molar-refractivity contribution in [1.82, 2.24) is 4.90 Å². The zero-order chi connectivity index (χ0) is 16.6. The van der Waals surface area contributed by atoms with Crippen molar-refractivity contribution >= 4 is 45.4 Å². The van der Waals surface area contributed by atoms with Crippen molar-refractivity contribution in [3.05, 3.63) is 0 Å². The van der Waals surface area contributed by atoms with Crippen LogP contribution in [0.5, 0.6) is 0 Å². The Morgan fingerprint density at radius 1 is 1.05 bits per heavy atom. The highest BCUT2D eigenvalue weighted by atomic mass is 32.2. The van der Waals surface area contributed by atoms with Crippen LogP contribution in [0.15, 0.2) is 0 Å². The molecule has 8 nitrogen and oxygen atoms in total. The van der Waals surface area contributed by atoms with Gasteiger partial charge in [0.1, 0.15) is 13.2 Å². The third-order valence-electron chi connectivity index (χ3n) is 3.58. The van der Waals surface area contributed by atoms with Crippen molar-refractivity contribution < 1.29 is 33.2 Å². The Morgan fingerprint density at radius 2 is 1.50 bits per heavy atom. The molecule has 0 N–H and O–H groups in total. The molecule has 0 bridgehead atoms. The maximum Gasteiger partial charge on any atom is 0.489 e. The molecule has 1 fully saturated rings. The van der Waals surface area contributed by atoms with Gasteiger partial charge in [0.05, 0.1) is 0 Å². The van der Waals surface area contributed by atoms with Crippen LogP contribution in [0, 0.1) is 5.41 Å². The van der Waals surface area contributed by atoms with Gasteiger partial charge in [-0.25, -0.2) is 9.59 Å². The first-order chi connectivity index (χ1) is 10.5. The fraction of sp³-hybridized carbons (Fsp3) is 0.727. The lowest BCUT2D eigenvalue weighted by Crippen LogP contribution is -2.46. The predicted octanol–water partition coefficient (Wildman–Crippen LogP) is -0.0458. The normalized spacial score (nSPS) is 16.5. The lowest BCUT2D eigenvalue weighted by molar-refractivity contribution is -0.0236. The Bertz CT molecular complexity index is 393. The monoisotopic (exact) mass is 331 g/mol. The quantitative estimate of drug-likeness (QED) is 0.523. The van der Waals surface area contributed by atoms with Gasteiger partial charge in [0.25, 0.3) is 5.24 Å². The van der Waals surface area contributed by atoms with E-state index in [-0.39, 0.29) is 18.5 Å². The van der Waals surface area contributed by atoms with Crippen LogP contribution in [-0.2, 0) is 18.8 Å². The molecule has 0 aliphatic carbocycles. The van der Waals surface area contributed by atoms with Crippen molar-refractivity contribution in [2.45, 2.75) is 12.8 Å². The molecule has 11 heteroatoms. The number of ether oxygens (including phenoxy) is 2. The lowest BCUT2D eigenvalue weighted by Gasteiger charge is -2.40. The van der Waals surface area contributed by atoms with E-state index in [2.05, 4.69) is 9.31 Å². The maximum absolute atomic E-state index is 11.7. The van der Waals surface area contributed by atoms with Crippen molar-refractivity contribution in [2.24, 2.45) is 5.41 Å². The topological polar surface area (TPSA) is 91.4 Å². The van der Waals surface area contributed by atoms with Crippen LogP contribution in [-0.4, -0.2) is 71.1 Å². The minimum Gasteiger partial charge on any atom is -0.513 e. The Morgan fingerprint density at radius 3 is 1.86 bits per heavy atom. The van der Waals surface area contributed by atoms with Crippen LogP contribution in [0.4, 0.5) is 14.4 Å². The Hall–Kier alpha value is -1.51. The van der Waals surface area contributed by atoms with Crippen LogP contribution in [0.3, 0.4) is 0 Å². The molecule has 1 rings (SSSR count). The van der Waals surface area contributed by atoms with Crippen LogP contribution in [0.1, 0.15) is 12.8 Å². The first-order valence-corrected chi connectivity index (χ1v) is 7.93. The summed E-state index contributed by atoms with van der Waals surface area (Å²) in [5, 5.41) is -0.00336. The minimum absolute atomic E-state index is 0.00336. The molecular weight excluding hydrogens is 312 g/mol. The van der Waals surface area contributed by atoms with E-state index in [4.69, 9.17) is 9.47 Å². The van der Waals surface area contributed by atoms with Gasteiger partial charge in [0.15, 0.2) is 0 Å². The summed E-state index contributed by atoms with van der Waals surface area (Å²) in [6, 6.07) is 0. The van der Waals surface area contributed by atoms with Gasteiger partial charge in [0, 0.05) is 18.5 Å². The smallest absolute Gasteiger partial charge is 0.489 e. The van der Waals surface area contributed by atoms with Crippen LogP contribution < -0.4 is 0 Å². The molecule has 1 heterocycles. The number of likely N-dealkylation sites (tertiary alicyclic amines) is 1. The molecule has 0 aromatic carbocycles. The SMILES string of the molecule is BOC(=O)OCC1(COC(=O)OB)CCN(C(=O)SC)CC1. The van der Waals surface area contributed by atoms with Gasteiger partial charge in [-0.05, 0) is 19.1 Å². The van der Waals surface area contributed by atoms with Crippen molar-refractivity contribution in [2.75, 3.05) is 32.6 Å². The van der Waals surface area contributed by atoms with Gasteiger partial charge in [-0.2, -0.15) is 0 Å². The number of hydrogen-bond donors (Lipinski definition) is 0. The van der Waals surface area contributed by atoms with E-state index in [1.165, 1.54) is 16.1 Å². The first kappa shape index (κ1) is 18.5. The van der Waals surface area contributed by atoms with Gasteiger partial charge in [-0.1, -0.05) is 11.8 Å². The largest absolute Gasteiger partial charge is 0.513 e. The summed E-state index contributed by atoms with van der Waals surface area (Å²) in [5.74, 6) is 0. The lowest BCUT2D eigenvalue weighted by atomic mass is 9.80. The van der Waals surface area contributed by atoms with Crippen molar-refractivity contribution in [1.29, 1.82) is 0 Å². The standard InChI is InChI=1S/C11H19B2NO7S/c1-22-8(15)14-4-2-11(3-5-14,6-18-9(16)20-12)7-19-10(17)21-13/h2-7,12-13H2,1H3. The number of piperidine rings is 1. The number of amides is 1. The second kappa shape index (κ2) is 8.82. The molecule has 1 aliphatic heterocycles. The third-order valence-corrected chi connectivity index (χ3v) is 4.19. The summed E-state index contributed by atoms with van der Waals surface area (Å²) in [6.07, 6.45) is 1.24. The van der Waals surface area contributed by atoms with E-state index in [0.29, 0.717) is 25.9 Å². The number of carbonyl (C=O) groups is 3. The summed E-state index contributed by atoms with van der Waals surface area (Å²) in [6.45, 7) is 1.12. The van der Waals surface area contributed by atoms with Crippen molar-refractivity contribution in [3.8, 4) is 0 Å². The summed E-state index contributed by atoms with van der Waals surface area (Å²) in [7, 11) is 2.44. The summed E-state index contributed by atoms with van der Waals surface area (Å²) in [5.41, 5.74) is -0.544. The van der Waals surface area contributed by atoms with Gasteiger partial charge in [0.2, 0.25) is 0 Å². The molecule has 1 saturated heterocycles. The minimum atomic E-state index is -0.792. The van der Waals surface area contributed by atoms with Gasteiger partial charge in [-0.3, -0.25) is 4.79 Å². The van der Waals surface area contributed by atoms with E-state index >= 15 is 0 Å². The second-order valence-electron chi connectivity index (χ2n) is 4.94. The van der Waals surface area contributed by atoms with Crippen LogP contribution in [0.2, 0.25) is 0 Å². The molecule has 22 heavy (non-hydrogen) atoms. The highest BCUT2D eigenvalue weighted by molar-refractivity contribution is 8.12.